The minimum atomic E-state index is -5.78. The molecule has 194 valence electrons. The van der Waals surface area contributed by atoms with Crippen LogP contribution in [-0.4, -0.2) is 32.2 Å². The lowest BCUT2D eigenvalue weighted by molar-refractivity contribution is -0.0500. The predicted molar refractivity (Wildman–Crippen MR) is 127 cm³/mol. The fourth-order valence-corrected chi connectivity index (χ4v) is 7.64. The number of hydrogen-bond donors (Lipinski definition) is 1. The van der Waals surface area contributed by atoms with E-state index in [9.17, 15) is 26.7 Å². The van der Waals surface area contributed by atoms with E-state index in [0.29, 0.717) is 37.4 Å². The second-order valence-corrected chi connectivity index (χ2v) is 12.7. The summed E-state index contributed by atoms with van der Waals surface area (Å²) in [4.78, 5) is 0. The maximum atomic E-state index is 13.1. The number of ether oxygens (including phenoxy) is 1. The molecule has 2 aromatic rings. The van der Waals surface area contributed by atoms with E-state index in [1.807, 2.05) is 6.07 Å². The normalized spacial score (nSPS) is 22.2. The fourth-order valence-electron chi connectivity index (χ4n) is 7.16. The van der Waals surface area contributed by atoms with Crippen LogP contribution in [0.3, 0.4) is 0 Å². The van der Waals surface area contributed by atoms with Crippen LogP contribution in [0.5, 0.6) is 11.5 Å². The Morgan fingerprint density at radius 3 is 1.94 bits per heavy atom. The van der Waals surface area contributed by atoms with Gasteiger partial charge in [-0.1, -0.05) is 25.0 Å². The van der Waals surface area contributed by atoms with E-state index in [0.717, 1.165) is 66.3 Å². The number of fused-ring (bicyclic) bond motifs is 2. The van der Waals surface area contributed by atoms with Crippen LogP contribution in [0.15, 0.2) is 24.3 Å². The standard InChI is InChI=1S/C27H29F3O5S/c28-27(29,30)36(32,33)35-24-6-4-18(20-14-26(16-22(20)24)9-11-34-12-10-26)17-3-5-23(31)21-15-25(13-19(17)21)7-1-2-8-25/h3-6,31H,1-2,7-16H2. The summed E-state index contributed by atoms with van der Waals surface area (Å²) in [5.41, 5.74) is -0.154. The molecule has 1 saturated heterocycles. The van der Waals surface area contributed by atoms with Crippen LogP contribution in [0.1, 0.15) is 60.8 Å². The van der Waals surface area contributed by atoms with Crippen molar-refractivity contribution in [2.24, 2.45) is 10.8 Å². The van der Waals surface area contributed by atoms with E-state index in [1.165, 1.54) is 18.9 Å². The Kier molecular flexibility index (Phi) is 5.43. The van der Waals surface area contributed by atoms with Crippen molar-refractivity contribution in [1.29, 1.82) is 0 Å². The molecule has 1 N–H and O–H groups in total. The maximum absolute atomic E-state index is 13.1. The molecular weight excluding hydrogens is 493 g/mol. The molecule has 0 radical (unpaired) electrons. The summed E-state index contributed by atoms with van der Waals surface area (Å²) in [6.07, 6.45) is 8.93. The number of hydrogen-bond acceptors (Lipinski definition) is 5. The van der Waals surface area contributed by atoms with Crippen molar-refractivity contribution in [3.63, 3.8) is 0 Å². The number of rotatable bonds is 3. The van der Waals surface area contributed by atoms with Crippen molar-refractivity contribution in [2.45, 2.75) is 69.7 Å². The zero-order chi connectivity index (χ0) is 25.3. The third kappa shape index (κ3) is 3.81. The zero-order valence-corrected chi connectivity index (χ0v) is 20.7. The van der Waals surface area contributed by atoms with Gasteiger partial charge >= 0.3 is 15.6 Å². The fraction of sp³-hybridized carbons (Fsp3) is 0.556. The molecule has 0 bridgehead atoms. The first-order chi connectivity index (χ1) is 17.0. The number of halogens is 3. The Balaban J connectivity index is 1.47. The van der Waals surface area contributed by atoms with E-state index in [4.69, 9.17) is 8.92 Å². The van der Waals surface area contributed by atoms with E-state index in [2.05, 4.69) is 0 Å². The van der Waals surface area contributed by atoms with Crippen LogP contribution in [0.2, 0.25) is 0 Å². The van der Waals surface area contributed by atoms with Crippen molar-refractivity contribution in [3.05, 3.63) is 46.5 Å². The summed E-state index contributed by atoms with van der Waals surface area (Å²) in [5, 5.41) is 10.7. The molecule has 0 amide bonds. The number of aromatic hydroxyl groups is 1. The minimum absolute atomic E-state index is 0.171. The SMILES string of the molecule is O=S(=O)(Oc1ccc(-c2ccc(O)c3c2CC2(CCCC2)C3)c2c1CC1(CCOCC1)C2)C(F)(F)F. The van der Waals surface area contributed by atoms with Crippen molar-refractivity contribution < 1.29 is 35.6 Å². The first-order valence-corrected chi connectivity index (χ1v) is 14.0. The van der Waals surface area contributed by atoms with E-state index >= 15 is 0 Å². The number of phenolic OH excluding ortho intramolecular Hbond substituents is 1. The molecule has 5 nitrogen and oxygen atoms in total. The molecule has 6 rings (SSSR count). The lowest BCUT2D eigenvalue weighted by Gasteiger charge is -2.33. The van der Waals surface area contributed by atoms with E-state index < -0.39 is 15.6 Å². The monoisotopic (exact) mass is 522 g/mol. The average Bonchev–Trinajstić information content (AvgIpc) is 3.53. The topological polar surface area (TPSA) is 72.8 Å². The number of phenols is 1. The third-order valence-electron chi connectivity index (χ3n) is 8.99. The zero-order valence-electron chi connectivity index (χ0n) is 19.9. The Bertz CT molecular complexity index is 1320. The molecule has 2 aromatic carbocycles. The highest BCUT2D eigenvalue weighted by Gasteiger charge is 2.50. The van der Waals surface area contributed by atoms with Crippen LogP contribution in [0.4, 0.5) is 13.2 Å². The van der Waals surface area contributed by atoms with Gasteiger partial charge in [-0.15, -0.1) is 0 Å². The molecule has 2 spiro atoms. The van der Waals surface area contributed by atoms with Gasteiger partial charge in [-0.25, -0.2) is 0 Å². The molecule has 3 aliphatic carbocycles. The van der Waals surface area contributed by atoms with Crippen LogP contribution >= 0.6 is 0 Å². The first kappa shape index (κ1) is 24.1. The highest BCUT2D eigenvalue weighted by Crippen LogP contribution is 2.55. The summed E-state index contributed by atoms with van der Waals surface area (Å²) >= 11 is 0. The highest BCUT2D eigenvalue weighted by molar-refractivity contribution is 7.88. The molecule has 2 fully saturated rings. The summed E-state index contributed by atoms with van der Waals surface area (Å²) in [6.45, 7) is 1.13. The Morgan fingerprint density at radius 1 is 0.778 bits per heavy atom. The average molecular weight is 523 g/mol. The van der Waals surface area contributed by atoms with Gasteiger partial charge < -0.3 is 14.0 Å². The quantitative estimate of drug-likeness (QED) is 0.405. The second kappa shape index (κ2) is 8.12. The van der Waals surface area contributed by atoms with E-state index in [1.54, 1.807) is 12.1 Å². The Labute approximate surface area is 208 Å². The van der Waals surface area contributed by atoms with Crippen LogP contribution in [0, 0.1) is 10.8 Å². The molecule has 1 saturated carbocycles. The molecule has 0 aromatic heterocycles. The van der Waals surface area contributed by atoms with Gasteiger partial charge in [-0.3, -0.25) is 0 Å². The summed E-state index contributed by atoms with van der Waals surface area (Å²) < 4.78 is 73.4. The molecule has 0 unspecified atom stereocenters. The van der Waals surface area contributed by atoms with Gasteiger partial charge in [-0.2, -0.15) is 21.6 Å². The van der Waals surface area contributed by atoms with Gasteiger partial charge in [0.2, 0.25) is 0 Å². The van der Waals surface area contributed by atoms with Crippen molar-refractivity contribution in [2.75, 3.05) is 13.2 Å². The van der Waals surface area contributed by atoms with Crippen LogP contribution < -0.4 is 4.18 Å². The lowest BCUT2D eigenvalue weighted by Crippen LogP contribution is -2.30. The van der Waals surface area contributed by atoms with Crippen LogP contribution in [-0.2, 0) is 40.5 Å². The Hall–Kier alpha value is -2.26. The summed E-state index contributed by atoms with van der Waals surface area (Å²) in [5.74, 6) is 0.0587. The van der Waals surface area contributed by atoms with Crippen molar-refractivity contribution >= 4 is 10.1 Å². The lowest BCUT2D eigenvalue weighted by atomic mass is 9.77. The van der Waals surface area contributed by atoms with Gasteiger partial charge in [0.05, 0.1) is 0 Å². The largest absolute Gasteiger partial charge is 0.534 e. The minimum Gasteiger partial charge on any atom is -0.508 e. The van der Waals surface area contributed by atoms with Gasteiger partial charge in [0.25, 0.3) is 0 Å². The summed E-state index contributed by atoms with van der Waals surface area (Å²) in [6, 6.07) is 6.69. The number of alkyl halides is 3. The second-order valence-electron chi connectivity index (χ2n) is 11.2. The number of benzene rings is 2. The molecule has 1 aliphatic heterocycles. The van der Waals surface area contributed by atoms with Gasteiger partial charge in [0.15, 0.2) is 0 Å². The smallest absolute Gasteiger partial charge is 0.508 e. The van der Waals surface area contributed by atoms with Gasteiger partial charge in [-0.05, 0) is 102 Å². The van der Waals surface area contributed by atoms with Gasteiger partial charge in [0.1, 0.15) is 11.5 Å². The highest BCUT2D eigenvalue weighted by atomic mass is 32.2. The third-order valence-corrected chi connectivity index (χ3v) is 9.96. The molecular formula is C27H29F3O5S. The van der Waals surface area contributed by atoms with Crippen LogP contribution in [0.25, 0.3) is 11.1 Å². The summed E-state index contributed by atoms with van der Waals surface area (Å²) in [7, 11) is -5.78. The van der Waals surface area contributed by atoms with Crippen molar-refractivity contribution in [1.82, 2.24) is 0 Å². The molecule has 36 heavy (non-hydrogen) atoms. The molecule has 9 heteroatoms. The predicted octanol–water partition coefficient (Wildman–Crippen LogP) is 5.84. The van der Waals surface area contributed by atoms with Crippen molar-refractivity contribution in [3.8, 4) is 22.6 Å². The molecule has 1 heterocycles. The molecule has 0 atom stereocenters. The Morgan fingerprint density at radius 2 is 1.31 bits per heavy atom. The van der Waals surface area contributed by atoms with Gasteiger partial charge in [0, 0.05) is 18.8 Å². The first-order valence-electron chi connectivity index (χ1n) is 12.6. The maximum Gasteiger partial charge on any atom is 0.534 e. The molecule has 4 aliphatic rings. The van der Waals surface area contributed by atoms with E-state index in [-0.39, 0.29) is 16.6 Å².